The number of alkyl halides is 3. The molecule has 0 unspecified atom stereocenters. The fourth-order valence-corrected chi connectivity index (χ4v) is 3.07. The molecule has 1 aliphatic rings. The minimum Gasteiger partial charge on any atom is -0.384 e. The third kappa shape index (κ3) is 4.17. The van der Waals surface area contributed by atoms with E-state index < -0.39 is 11.9 Å². The smallest absolute Gasteiger partial charge is 0.384 e. The van der Waals surface area contributed by atoms with Crippen LogP contribution in [-0.2, 0) is 17.5 Å². The normalized spacial score (nSPS) is 16.8. The van der Waals surface area contributed by atoms with E-state index in [9.17, 15) is 18.0 Å². The van der Waals surface area contributed by atoms with Gasteiger partial charge in [-0.05, 0) is 38.5 Å². The summed E-state index contributed by atoms with van der Waals surface area (Å²) in [5, 5.41) is 3.61. The van der Waals surface area contributed by atoms with Crippen molar-refractivity contribution in [2.45, 2.75) is 52.3 Å². The lowest BCUT2D eigenvalue weighted by Crippen LogP contribution is -2.37. The third-order valence-electron chi connectivity index (χ3n) is 4.55. The molecular formula is C15H23F3N4O. The summed E-state index contributed by atoms with van der Waals surface area (Å²) in [6, 6.07) is 0. The van der Waals surface area contributed by atoms with E-state index in [1.165, 1.54) is 11.6 Å². The quantitative estimate of drug-likeness (QED) is 0.922. The van der Waals surface area contributed by atoms with Crippen LogP contribution in [0.2, 0.25) is 0 Å². The number of aromatic nitrogens is 2. The lowest BCUT2D eigenvalue weighted by Gasteiger charge is -2.31. The van der Waals surface area contributed by atoms with Crippen LogP contribution in [0.4, 0.5) is 19.0 Å². The molecule has 2 heterocycles. The number of halogens is 3. The Kier molecular flexibility index (Phi) is 5.21. The van der Waals surface area contributed by atoms with Crippen LogP contribution in [0.25, 0.3) is 0 Å². The van der Waals surface area contributed by atoms with Gasteiger partial charge in [-0.25, -0.2) is 4.68 Å². The maximum Gasteiger partial charge on any atom is 0.435 e. The Bertz CT molecular complexity index is 560. The summed E-state index contributed by atoms with van der Waals surface area (Å²) in [6.07, 6.45) is -0.941. The van der Waals surface area contributed by atoms with Crippen molar-refractivity contribution in [1.82, 2.24) is 14.7 Å². The number of nitrogens with two attached hydrogens (primary N) is 1. The summed E-state index contributed by atoms with van der Waals surface area (Å²) in [4.78, 5) is 13.1. The Labute approximate surface area is 133 Å². The second kappa shape index (κ2) is 6.80. The van der Waals surface area contributed by atoms with Crippen molar-refractivity contribution in [2.24, 2.45) is 5.92 Å². The van der Waals surface area contributed by atoms with Crippen LogP contribution in [0, 0.1) is 12.8 Å². The van der Waals surface area contributed by atoms with E-state index in [1.807, 2.05) is 4.90 Å². The SMILES string of the molecule is CC(=O)N1CCC(CCCn2nc(C(F)(F)F)c(C)c2N)CC1. The first-order valence-corrected chi connectivity index (χ1v) is 7.85. The summed E-state index contributed by atoms with van der Waals surface area (Å²) in [6.45, 7) is 4.83. The van der Waals surface area contributed by atoms with Crippen LogP contribution >= 0.6 is 0 Å². The zero-order valence-corrected chi connectivity index (χ0v) is 13.5. The maximum atomic E-state index is 12.8. The Morgan fingerprint density at radius 2 is 1.96 bits per heavy atom. The minimum absolute atomic E-state index is 0.00716. The number of anilines is 1. The summed E-state index contributed by atoms with van der Waals surface area (Å²) < 4.78 is 39.6. The van der Waals surface area contributed by atoms with Gasteiger partial charge in [0.05, 0.1) is 0 Å². The van der Waals surface area contributed by atoms with Gasteiger partial charge in [-0.3, -0.25) is 4.79 Å². The average Bonchev–Trinajstić information content (AvgIpc) is 2.76. The third-order valence-corrected chi connectivity index (χ3v) is 4.55. The molecule has 0 bridgehead atoms. The van der Waals surface area contributed by atoms with Gasteiger partial charge >= 0.3 is 6.18 Å². The predicted octanol–water partition coefficient (Wildman–Crippen LogP) is 2.83. The molecule has 1 aromatic heterocycles. The number of nitrogens with zero attached hydrogens (tertiary/aromatic N) is 3. The number of rotatable bonds is 4. The molecule has 23 heavy (non-hydrogen) atoms. The van der Waals surface area contributed by atoms with E-state index in [0.29, 0.717) is 12.5 Å². The minimum atomic E-state index is -4.47. The predicted molar refractivity (Wildman–Crippen MR) is 80.6 cm³/mol. The molecule has 1 aromatic rings. The molecule has 0 spiro atoms. The number of amides is 1. The summed E-state index contributed by atoms with van der Waals surface area (Å²) in [7, 11) is 0. The van der Waals surface area contributed by atoms with E-state index in [4.69, 9.17) is 5.73 Å². The number of likely N-dealkylation sites (tertiary alicyclic amines) is 1. The van der Waals surface area contributed by atoms with Crippen LogP contribution in [0.15, 0.2) is 0 Å². The highest BCUT2D eigenvalue weighted by molar-refractivity contribution is 5.73. The van der Waals surface area contributed by atoms with E-state index in [-0.39, 0.29) is 17.3 Å². The molecule has 0 saturated carbocycles. The van der Waals surface area contributed by atoms with Gasteiger partial charge in [0.15, 0.2) is 5.69 Å². The first-order chi connectivity index (χ1) is 10.7. The second-order valence-corrected chi connectivity index (χ2v) is 6.17. The number of carbonyl (C=O) groups excluding carboxylic acids is 1. The molecule has 0 atom stereocenters. The van der Waals surface area contributed by atoms with Crippen LogP contribution in [0.1, 0.15) is 43.9 Å². The van der Waals surface area contributed by atoms with Gasteiger partial charge in [0.1, 0.15) is 5.82 Å². The van der Waals surface area contributed by atoms with Gasteiger partial charge in [-0.2, -0.15) is 18.3 Å². The standard InChI is InChI=1S/C15H23F3N4O/c1-10-13(15(16,17)18)20-22(14(10)19)7-3-4-12-5-8-21(9-6-12)11(2)23/h12H,3-9,19H2,1-2H3. The number of piperidine rings is 1. The van der Waals surface area contributed by atoms with Crippen LogP contribution in [-0.4, -0.2) is 33.7 Å². The van der Waals surface area contributed by atoms with Gasteiger partial charge < -0.3 is 10.6 Å². The first kappa shape index (κ1) is 17.6. The van der Waals surface area contributed by atoms with Crippen molar-refractivity contribution in [2.75, 3.05) is 18.8 Å². The summed E-state index contributed by atoms with van der Waals surface area (Å²) >= 11 is 0. The van der Waals surface area contributed by atoms with E-state index in [0.717, 1.165) is 38.8 Å². The molecule has 1 saturated heterocycles. The molecule has 2 rings (SSSR count). The molecule has 5 nitrogen and oxygen atoms in total. The van der Waals surface area contributed by atoms with Gasteiger partial charge in [0.2, 0.25) is 5.91 Å². The maximum absolute atomic E-state index is 12.8. The van der Waals surface area contributed by atoms with Gasteiger partial charge in [-0.1, -0.05) is 0 Å². The van der Waals surface area contributed by atoms with Crippen molar-refractivity contribution in [3.05, 3.63) is 11.3 Å². The van der Waals surface area contributed by atoms with Crippen LogP contribution < -0.4 is 5.73 Å². The molecule has 1 amide bonds. The Hall–Kier alpha value is -1.73. The topological polar surface area (TPSA) is 64.2 Å². The van der Waals surface area contributed by atoms with Crippen molar-refractivity contribution in [3.8, 4) is 0 Å². The summed E-state index contributed by atoms with van der Waals surface area (Å²) in [5.41, 5.74) is 4.82. The fraction of sp³-hybridized carbons (Fsp3) is 0.733. The highest BCUT2D eigenvalue weighted by atomic mass is 19.4. The monoisotopic (exact) mass is 332 g/mol. The molecule has 1 aliphatic heterocycles. The largest absolute Gasteiger partial charge is 0.435 e. The van der Waals surface area contributed by atoms with Crippen molar-refractivity contribution >= 4 is 11.7 Å². The highest BCUT2D eigenvalue weighted by Crippen LogP contribution is 2.33. The summed E-state index contributed by atoms with van der Waals surface area (Å²) in [5.74, 6) is 0.692. The molecular weight excluding hydrogens is 309 g/mol. The Morgan fingerprint density at radius 1 is 1.35 bits per heavy atom. The molecule has 0 aromatic carbocycles. The zero-order chi connectivity index (χ0) is 17.2. The second-order valence-electron chi connectivity index (χ2n) is 6.17. The van der Waals surface area contributed by atoms with Gasteiger partial charge in [-0.15, -0.1) is 0 Å². The van der Waals surface area contributed by atoms with Crippen molar-refractivity contribution in [1.29, 1.82) is 0 Å². The zero-order valence-electron chi connectivity index (χ0n) is 13.5. The molecule has 0 radical (unpaired) electrons. The van der Waals surface area contributed by atoms with Gasteiger partial charge in [0.25, 0.3) is 0 Å². The molecule has 130 valence electrons. The Morgan fingerprint density at radius 3 is 2.43 bits per heavy atom. The molecule has 0 aliphatic carbocycles. The van der Waals surface area contributed by atoms with Gasteiger partial charge in [0, 0.05) is 32.1 Å². The molecule has 8 heteroatoms. The highest BCUT2D eigenvalue weighted by Gasteiger charge is 2.37. The number of carbonyl (C=O) groups is 1. The van der Waals surface area contributed by atoms with Crippen molar-refractivity contribution < 1.29 is 18.0 Å². The number of hydrogen-bond acceptors (Lipinski definition) is 3. The Balaban J connectivity index is 1.85. The van der Waals surface area contributed by atoms with Crippen LogP contribution in [0.5, 0.6) is 0 Å². The van der Waals surface area contributed by atoms with E-state index in [2.05, 4.69) is 5.10 Å². The number of hydrogen-bond donors (Lipinski definition) is 1. The van der Waals surface area contributed by atoms with E-state index >= 15 is 0 Å². The first-order valence-electron chi connectivity index (χ1n) is 7.85. The fourth-order valence-electron chi connectivity index (χ4n) is 3.07. The molecule has 1 fully saturated rings. The van der Waals surface area contributed by atoms with Crippen molar-refractivity contribution in [3.63, 3.8) is 0 Å². The van der Waals surface area contributed by atoms with E-state index in [1.54, 1.807) is 6.92 Å². The lowest BCUT2D eigenvalue weighted by molar-refractivity contribution is -0.142. The number of nitrogen functional groups attached to an aromatic ring is 1. The molecule has 2 N–H and O–H groups in total. The lowest BCUT2D eigenvalue weighted by atomic mass is 9.92. The average molecular weight is 332 g/mol. The van der Waals surface area contributed by atoms with Crippen LogP contribution in [0.3, 0.4) is 0 Å². The number of aryl methyl sites for hydroxylation is 1.